The van der Waals surface area contributed by atoms with Crippen molar-refractivity contribution in [1.29, 1.82) is 0 Å². The molecule has 3 heteroatoms. The number of benzene rings is 1. The Bertz CT molecular complexity index is 330. The fraction of sp³-hybridized carbons (Fsp3) is 0.462. The van der Waals surface area contributed by atoms with Crippen LogP contribution < -0.4 is 4.74 Å². The van der Waals surface area contributed by atoms with Crippen molar-refractivity contribution in [2.24, 2.45) is 0 Å². The van der Waals surface area contributed by atoms with Gasteiger partial charge in [0.25, 0.3) is 0 Å². The predicted molar refractivity (Wildman–Crippen MR) is 62.8 cm³/mol. The summed E-state index contributed by atoms with van der Waals surface area (Å²) < 4.78 is 5.43. The number of unbranched alkanes of at least 4 members (excludes halogenated alkanes) is 1. The molecular formula is C13H18O3. The maximum atomic E-state index is 11.0. The van der Waals surface area contributed by atoms with E-state index in [4.69, 9.17) is 9.84 Å². The van der Waals surface area contributed by atoms with Gasteiger partial charge in [0, 0.05) is 0 Å². The van der Waals surface area contributed by atoms with E-state index >= 15 is 0 Å². The Balaban J connectivity index is 2.60. The van der Waals surface area contributed by atoms with Crippen molar-refractivity contribution in [3.63, 3.8) is 0 Å². The second-order valence-corrected chi connectivity index (χ2v) is 3.90. The minimum atomic E-state index is -0.894. The molecule has 1 rings (SSSR count). The molecule has 1 N–H and O–H groups in total. The minimum absolute atomic E-state index is 0.555. The molecule has 3 nitrogen and oxygen atoms in total. The van der Waals surface area contributed by atoms with Crippen molar-refractivity contribution in [2.45, 2.75) is 39.2 Å². The average Bonchev–Trinajstić information content (AvgIpc) is 2.26. The molecule has 0 aliphatic rings. The van der Waals surface area contributed by atoms with Crippen molar-refractivity contribution in [3.8, 4) is 5.75 Å². The van der Waals surface area contributed by atoms with Crippen LogP contribution in [0.1, 0.15) is 31.7 Å². The molecular weight excluding hydrogens is 204 g/mol. The summed E-state index contributed by atoms with van der Waals surface area (Å²) in [4.78, 5) is 11.0. The van der Waals surface area contributed by atoms with Crippen LogP contribution in [0.4, 0.5) is 0 Å². The van der Waals surface area contributed by atoms with Gasteiger partial charge in [-0.25, -0.2) is 4.79 Å². The van der Waals surface area contributed by atoms with Gasteiger partial charge in [0.2, 0.25) is 0 Å². The Morgan fingerprint density at radius 2 is 2.00 bits per heavy atom. The molecule has 0 saturated carbocycles. The monoisotopic (exact) mass is 222 g/mol. The van der Waals surface area contributed by atoms with Crippen LogP contribution in [0.15, 0.2) is 24.3 Å². The Labute approximate surface area is 96.1 Å². The van der Waals surface area contributed by atoms with Crippen LogP contribution >= 0.6 is 0 Å². The van der Waals surface area contributed by atoms with Crippen LogP contribution in [0.25, 0.3) is 0 Å². The van der Waals surface area contributed by atoms with Gasteiger partial charge in [-0.2, -0.15) is 0 Å². The lowest BCUT2D eigenvalue weighted by Crippen LogP contribution is -2.26. The van der Waals surface area contributed by atoms with Gasteiger partial charge in [-0.1, -0.05) is 31.0 Å². The third kappa shape index (κ3) is 3.93. The highest BCUT2D eigenvalue weighted by atomic mass is 16.5. The van der Waals surface area contributed by atoms with Gasteiger partial charge < -0.3 is 9.84 Å². The van der Waals surface area contributed by atoms with E-state index in [0.29, 0.717) is 12.2 Å². The lowest BCUT2D eigenvalue weighted by Gasteiger charge is -2.14. The van der Waals surface area contributed by atoms with Crippen LogP contribution in [-0.2, 0) is 4.79 Å². The Morgan fingerprint density at radius 1 is 1.38 bits per heavy atom. The second-order valence-electron chi connectivity index (χ2n) is 3.90. The quantitative estimate of drug-likeness (QED) is 0.804. The zero-order valence-corrected chi connectivity index (χ0v) is 9.77. The third-order valence-electron chi connectivity index (χ3n) is 2.39. The van der Waals surface area contributed by atoms with E-state index in [1.165, 1.54) is 0 Å². The van der Waals surface area contributed by atoms with Crippen LogP contribution in [0.5, 0.6) is 5.75 Å². The molecule has 0 heterocycles. The zero-order valence-electron chi connectivity index (χ0n) is 9.77. The normalized spacial score (nSPS) is 12.1. The van der Waals surface area contributed by atoms with E-state index in [1.807, 2.05) is 26.0 Å². The zero-order chi connectivity index (χ0) is 12.0. The van der Waals surface area contributed by atoms with Gasteiger partial charge in [0.1, 0.15) is 5.75 Å². The maximum absolute atomic E-state index is 11.0. The standard InChI is InChI=1S/C13H18O3/c1-3-4-5-12(13(14)15)16-11-8-6-10(2)7-9-11/h6-9,12H,3-5H2,1-2H3,(H,14,15). The van der Waals surface area contributed by atoms with E-state index in [9.17, 15) is 4.79 Å². The molecule has 0 aliphatic carbocycles. The summed E-state index contributed by atoms with van der Waals surface area (Å²) in [6.45, 7) is 4.01. The molecule has 16 heavy (non-hydrogen) atoms. The number of hydrogen-bond donors (Lipinski definition) is 1. The van der Waals surface area contributed by atoms with Crippen molar-refractivity contribution in [1.82, 2.24) is 0 Å². The summed E-state index contributed by atoms with van der Waals surface area (Å²) in [6.07, 6.45) is 1.66. The van der Waals surface area contributed by atoms with Crippen molar-refractivity contribution in [3.05, 3.63) is 29.8 Å². The fourth-order valence-corrected chi connectivity index (χ4v) is 1.40. The first-order chi connectivity index (χ1) is 7.63. The van der Waals surface area contributed by atoms with Crippen LogP contribution in [0.2, 0.25) is 0 Å². The van der Waals surface area contributed by atoms with E-state index in [-0.39, 0.29) is 0 Å². The highest BCUT2D eigenvalue weighted by Gasteiger charge is 2.18. The predicted octanol–water partition coefficient (Wildman–Crippen LogP) is 3.02. The summed E-state index contributed by atoms with van der Waals surface area (Å²) >= 11 is 0. The highest BCUT2D eigenvalue weighted by Crippen LogP contribution is 2.15. The molecule has 1 aromatic rings. The van der Waals surface area contributed by atoms with E-state index in [2.05, 4.69) is 0 Å². The molecule has 0 aliphatic heterocycles. The summed E-state index contributed by atoms with van der Waals surface area (Å²) in [7, 11) is 0. The van der Waals surface area contributed by atoms with Gasteiger partial charge in [-0.15, -0.1) is 0 Å². The van der Waals surface area contributed by atoms with Crippen molar-refractivity contribution >= 4 is 5.97 Å². The Morgan fingerprint density at radius 3 is 2.50 bits per heavy atom. The van der Waals surface area contributed by atoms with Gasteiger partial charge in [-0.3, -0.25) is 0 Å². The molecule has 0 bridgehead atoms. The van der Waals surface area contributed by atoms with Gasteiger partial charge >= 0.3 is 5.97 Å². The smallest absolute Gasteiger partial charge is 0.344 e. The number of aliphatic carboxylic acids is 1. The summed E-state index contributed by atoms with van der Waals surface area (Å²) in [6, 6.07) is 7.43. The SMILES string of the molecule is CCCCC(Oc1ccc(C)cc1)C(=O)O. The number of carboxylic acid groups (broad SMARTS) is 1. The Hall–Kier alpha value is -1.51. The number of carbonyl (C=O) groups is 1. The number of ether oxygens (including phenoxy) is 1. The fourth-order valence-electron chi connectivity index (χ4n) is 1.40. The second kappa shape index (κ2) is 6.16. The summed E-state index contributed by atoms with van der Waals surface area (Å²) in [5.74, 6) is -0.275. The molecule has 1 unspecified atom stereocenters. The van der Waals surface area contributed by atoms with Crippen LogP contribution in [-0.4, -0.2) is 17.2 Å². The molecule has 1 atom stereocenters. The molecule has 0 fully saturated rings. The molecule has 0 amide bonds. The van der Waals surface area contributed by atoms with Crippen molar-refractivity contribution < 1.29 is 14.6 Å². The van der Waals surface area contributed by atoms with Gasteiger partial charge in [0.05, 0.1) is 0 Å². The number of rotatable bonds is 6. The summed E-state index contributed by atoms with van der Waals surface area (Å²) in [5, 5.41) is 8.99. The molecule has 0 radical (unpaired) electrons. The Kier molecular flexibility index (Phi) is 4.83. The van der Waals surface area contributed by atoms with E-state index in [0.717, 1.165) is 18.4 Å². The van der Waals surface area contributed by atoms with Gasteiger partial charge in [0.15, 0.2) is 6.10 Å². The average molecular weight is 222 g/mol. The van der Waals surface area contributed by atoms with E-state index in [1.54, 1.807) is 12.1 Å². The third-order valence-corrected chi connectivity index (χ3v) is 2.39. The summed E-state index contributed by atoms with van der Waals surface area (Å²) in [5.41, 5.74) is 1.13. The molecule has 0 spiro atoms. The largest absolute Gasteiger partial charge is 0.479 e. The van der Waals surface area contributed by atoms with Gasteiger partial charge in [-0.05, 0) is 31.9 Å². The van der Waals surface area contributed by atoms with Crippen LogP contribution in [0, 0.1) is 6.92 Å². The van der Waals surface area contributed by atoms with Crippen LogP contribution in [0.3, 0.4) is 0 Å². The first kappa shape index (κ1) is 12.6. The molecule has 1 aromatic carbocycles. The number of hydrogen-bond acceptors (Lipinski definition) is 2. The minimum Gasteiger partial charge on any atom is -0.479 e. The highest BCUT2D eigenvalue weighted by molar-refractivity contribution is 5.72. The molecule has 88 valence electrons. The molecule has 0 saturated heterocycles. The van der Waals surface area contributed by atoms with Crippen molar-refractivity contribution in [2.75, 3.05) is 0 Å². The number of aryl methyl sites for hydroxylation is 1. The van der Waals surface area contributed by atoms with E-state index < -0.39 is 12.1 Å². The lowest BCUT2D eigenvalue weighted by atomic mass is 10.1. The number of carboxylic acids is 1. The topological polar surface area (TPSA) is 46.5 Å². The first-order valence-corrected chi connectivity index (χ1v) is 5.59. The lowest BCUT2D eigenvalue weighted by molar-refractivity contribution is -0.145. The maximum Gasteiger partial charge on any atom is 0.344 e. The first-order valence-electron chi connectivity index (χ1n) is 5.59. The molecule has 0 aromatic heterocycles.